The molecule has 0 bridgehead atoms. The molecule has 0 aliphatic heterocycles. The highest BCUT2D eigenvalue weighted by Gasteiger charge is 2.14. The molecule has 1 N–H and O–H groups in total. The molecule has 0 saturated carbocycles. The SMILES string of the molecule is O=C(c1ccc[nH]1)c1ccc(Cl)nc1Cl. The number of carbonyl (C=O) groups is 1. The number of aromatic amines is 1. The summed E-state index contributed by atoms with van der Waals surface area (Å²) in [6.45, 7) is 0. The number of ketones is 1. The number of nitrogens with one attached hydrogen (secondary N) is 1. The summed E-state index contributed by atoms with van der Waals surface area (Å²) in [5.41, 5.74) is 0.810. The van der Waals surface area contributed by atoms with E-state index in [9.17, 15) is 4.79 Å². The van der Waals surface area contributed by atoms with Crippen LogP contribution in [0, 0.1) is 0 Å². The molecule has 0 unspecified atom stereocenters. The maximum Gasteiger partial charge on any atom is 0.212 e. The summed E-state index contributed by atoms with van der Waals surface area (Å²) in [5, 5.41) is 0.380. The molecule has 0 saturated heterocycles. The van der Waals surface area contributed by atoms with E-state index in [2.05, 4.69) is 9.97 Å². The molecule has 2 aromatic rings. The summed E-state index contributed by atoms with van der Waals surface area (Å²) >= 11 is 11.4. The molecular weight excluding hydrogens is 235 g/mol. The van der Waals surface area contributed by atoms with Crippen molar-refractivity contribution in [2.24, 2.45) is 0 Å². The Balaban J connectivity index is 2.42. The third kappa shape index (κ3) is 2.03. The van der Waals surface area contributed by atoms with Gasteiger partial charge in [-0.3, -0.25) is 4.79 Å². The quantitative estimate of drug-likeness (QED) is 0.648. The summed E-state index contributed by atoms with van der Waals surface area (Å²) in [6, 6.07) is 6.50. The molecular formula is C10H6Cl2N2O. The maximum absolute atomic E-state index is 11.8. The summed E-state index contributed by atoms with van der Waals surface area (Å²) in [7, 11) is 0. The molecule has 15 heavy (non-hydrogen) atoms. The molecule has 0 fully saturated rings. The predicted molar refractivity (Wildman–Crippen MR) is 58.5 cm³/mol. The van der Waals surface area contributed by atoms with E-state index < -0.39 is 0 Å². The lowest BCUT2D eigenvalue weighted by atomic mass is 10.1. The van der Waals surface area contributed by atoms with Crippen LogP contribution in [0.1, 0.15) is 16.1 Å². The number of H-pyrrole nitrogens is 1. The van der Waals surface area contributed by atoms with Crippen molar-refractivity contribution in [2.75, 3.05) is 0 Å². The fourth-order valence-corrected chi connectivity index (χ4v) is 1.63. The highest BCUT2D eigenvalue weighted by molar-refractivity contribution is 6.35. The highest BCUT2D eigenvalue weighted by atomic mass is 35.5. The minimum absolute atomic E-state index is 0.113. The van der Waals surface area contributed by atoms with E-state index in [-0.39, 0.29) is 16.1 Å². The van der Waals surface area contributed by atoms with Gasteiger partial charge in [-0.1, -0.05) is 23.2 Å². The second-order valence-corrected chi connectivity index (χ2v) is 3.63. The minimum atomic E-state index is -0.200. The van der Waals surface area contributed by atoms with E-state index in [1.807, 2.05) is 0 Å². The monoisotopic (exact) mass is 240 g/mol. The van der Waals surface area contributed by atoms with Crippen molar-refractivity contribution in [1.82, 2.24) is 9.97 Å². The third-order valence-electron chi connectivity index (χ3n) is 1.90. The van der Waals surface area contributed by atoms with Gasteiger partial charge in [-0.2, -0.15) is 0 Å². The van der Waals surface area contributed by atoms with Crippen LogP contribution in [0.15, 0.2) is 30.5 Å². The van der Waals surface area contributed by atoms with Crippen molar-refractivity contribution in [2.45, 2.75) is 0 Å². The summed E-state index contributed by atoms with van der Waals surface area (Å²) in [6.07, 6.45) is 1.67. The summed E-state index contributed by atoms with van der Waals surface area (Å²) < 4.78 is 0. The molecule has 2 heterocycles. The van der Waals surface area contributed by atoms with Gasteiger partial charge in [0.25, 0.3) is 0 Å². The number of rotatable bonds is 2. The van der Waals surface area contributed by atoms with Crippen LogP contribution in [0.4, 0.5) is 0 Å². The van der Waals surface area contributed by atoms with E-state index in [4.69, 9.17) is 23.2 Å². The predicted octanol–water partition coefficient (Wildman–Crippen LogP) is 2.95. The van der Waals surface area contributed by atoms with Crippen molar-refractivity contribution in [3.05, 3.63) is 52.0 Å². The Bertz CT molecular complexity index is 494. The van der Waals surface area contributed by atoms with Crippen molar-refractivity contribution in [3.8, 4) is 0 Å². The van der Waals surface area contributed by atoms with Crippen molar-refractivity contribution in [1.29, 1.82) is 0 Å². The smallest absolute Gasteiger partial charge is 0.212 e. The largest absolute Gasteiger partial charge is 0.359 e. The van der Waals surface area contributed by atoms with Gasteiger partial charge in [-0.25, -0.2) is 4.98 Å². The van der Waals surface area contributed by atoms with E-state index >= 15 is 0 Å². The highest BCUT2D eigenvalue weighted by Crippen LogP contribution is 2.19. The van der Waals surface area contributed by atoms with Gasteiger partial charge in [0, 0.05) is 6.20 Å². The van der Waals surface area contributed by atoms with Crippen molar-refractivity contribution >= 4 is 29.0 Å². The van der Waals surface area contributed by atoms with Crippen LogP contribution >= 0.6 is 23.2 Å². The molecule has 5 heteroatoms. The van der Waals surface area contributed by atoms with Crippen LogP contribution in [0.25, 0.3) is 0 Å². The van der Waals surface area contributed by atoms with Gasteiger partial charge in [0.1, 0.15) is 10.3 Å². The lowest BCUT2D eigenvalue weighted by Gasteiger charge is -2.00. The molecule has 0 aromatic carbocycles. The fraction of sp³-hybridized carbons (Fsp3) is 0. The average molecular weight is 241 g/mol. The average Bonchev–Trinajstić information content (AvgIpc) is 2.69. The molecule has 0 spiro atoms. The minimum Gasteiger partial charge on any atom is -0.359 e. The molecule has 76 valence electrons. The van der Waals surface area contributed by atoms with Crippen molar-refractivity contribution < 1.29 is 4.79 Å². The Morgan fingerprint density at radius 1 is 1.27 bits per heavy atom. The van der Waals surface area contributed by atoms with Gasteiger partial charge in [-0.15, -0.1) is 0 Å². The number of aromatic nitrogens is 2. The number of carbonyl (C=O) groups excluding carboxylic acids is 1. The second-order valence-electron chi connectivity index (χ2n) is 2.89. The lowest BCUT2D eigenvalue weighted by molar-refractivity contribution is 0.103. The lowest BCUT2D eigenvalue weighted by Crippen LogP contribution is -2.03. The topological polar surface area (TPSA) is 45.8 Å². The van der Waals surface area contributed by atoms with Gasteiger partial charge in [0.2, 0.25) is 5.78 Å². The first kappa shape index (κ1) is 10.2. The zero-order valence-corrected chi connectivity index (χ0v) is 9.01. The van der Waals surface area contributed by atoms with Gasteiger partial charge in [-0.05, 0) is 24.3 Å². The number of pyridine rings is 1. The van der Waals surface area contributed by atoms with E-state index in [1.165, 1.54) is 6.07 Å². The first-order chi connectivity index (χ1) is 7.18. The van der Waals surface area contributed by atoms with Crippen LogP contribution in [0.5, 0.6) is 0 Å². The molecule has 3 nitrogen and oxygen atoms in total. The zero-order chi connectivity index (χ0) is 10.8. The number of nitrogens with zero attached hydrogens (tertiary/aromatic N) is 1. The first-order valence-electron chi connectivity index (χ1n) is 4.18. The molecule has 0 aliphatic carbocycles. The number of hydrogen-bond donors (Lipinski definition) is 1. The Morgan fingerprint density at radius 3 is 2.67 bits per heavy atom. The Hall–Kier alpha value is -1.32. The van der Waals surface area contributed by atoms with Crippen LogP contribution in [-0.4, -0.2) is 15.8 Å². The summed E-state index contributed by atoms with van der Waals surface area (Å²) in [4.78, 5) is 18.4. The molecule has 0 amide bonds. The Morgan fingerprint density at radius 2 is 2.07 bits per heavy atom. The number of halogens is 2. The van der Waals surface area contributed by atoms with Gasteiger partial charge in [0.15, 0.2) is 0 Å². The molecule has 0 radical (unpaired) electrons. The second kappa shape index (κ2) is 4.04. The van der Waals surface area contributed by atoms with Crippen LogP contribution in [0.2, 0.25) is 10.3 Å². The number of hydrogen-bond acceptors (Lipinski definition) is 2. The van der Waals surface area contributed by atoms with Gasteiger partial charge >= 0.3 is 0 Å². The van der Waals surface area contributed by atoms with Gasteiger partial charge < -0.3 is 4.98 Å². The third-order valence-corrected chi connectivity index (χ3v) is 2.40. The fourth-order valence-electron chi connectivity index (χ4n) is 1.20. The van der Waals surface area contributed by atoms with Crippen LogP contribution in [0.3, 0.4) is 0 Å². The molecule has 2 aromatic heterocycles. The molecule has 0 aliphatic rings. The summed E-state index contributed by atoms with van der Waals surface area (Å²) in [5.74, 6) is -0.200. The maximum atomic E-state index is 11.8. The van der Waals surface area contributed by atoms with Crippen LogP contribution < -0.4 is 0 Å². The van der Waals surface area contributed by atoms with Crippen LogP contribution in [-0.2, 0) is 0 Å². The van der Waals surface area contributed by atoms with E-state index in [0.717, 1.165) is 0 Å². The standard InChI is InChI=1S/C10H6Cl2N2O/c11-8-4-3-6(10(12)14-8)9(15)7-2-1-5-13-7/h1-5,13H. The van der Waals surface area contributed by atoms with E-state index in [1.54, 1.807) is 24.4 Å². The van der Waals surface area contributed by atoms with E-state index in [0.29, 0.717) is 11.3 Å². The van der Waals surface area contributed by atoms with Gasteiger partial charge in [0.05, 0.1) is 11.3 Å². The molecule has 0 atom stereocenters. The van der Waals surface area contributed by atoms with Crippen molar-refractivity contribution in [3.63, 3.8) is 0 Å². The Labute approximate surface area is 96.1 Å². The molecule has 2 rings (SSSR count). The zero-order valence-electron chi connectivity index (χ0n) is 7.50. The Kier molecular flexibility index (Phi) is 2.75. The normalized spacial score (nSPS) is 10.3. The first-order valence-corrected chi connectivity index (χ1v) is 4.94.